The Labute approximate surface area is 106 Å². The van der Waals surface area contributed by atoms with Crippen LogP contribution in [0, 0.1) is 10.8 Å². The van der Waals surface area contributed by atoms with Crippen LogP contribution in [0.25, 0.3) is 0 Å². The molecule has 1 aliphatic heterocycles. The maximum Gasteiger partial charge on any atom is 0.315 e. The highest BCUT2D eigenvalue weighted by Gasteiger charge is 2.47. The van der Waals surface area contributed by atoms with Gasteiger partial charge in [-0.2, -0.15) is 0 Å². The van der Waals surface area contributed by atoms with E-state index in [2.05, 4.69) is 17.6 Å². The summed E-state index contributed by atoms with van der Waals surface area (Å²) in [5.74, 6) is -0.945. The molecule has 1 saturated heterocycles. The predicted molar refractivity (Wildman–Crippen MR) is 64.2 cm³/mol. The summed E-state index contributed by atoms with van der Waals surface area (Å²) in [6.45, 7) is 4.72. The van der Waals surface area contributed by atoms with Crippen molar-refractivity contribution in [3.8, 4) is 0 Å². The monoisotopic (exact) mass is 256 g/mol. The summed E-state index contributed by atoms with van der Waals surface area (Å²) in [6, 6.07) is -0.798. The Morgan fingerprint density at radius 1 is 1.39 bits per heavy atom. The number of hydrogen-bond donors (Lipinski definition) is 3. The number of carboxylic acids is 1. The molecule has 2 fully saturated rings. The third kappa shape index (κ3) is 2.58. The van der Waals surface area contributed by atoms with Gasteiger partial charge in [-0.3, -0.25) is 4.79 Å². The zero-order chi connectivity index (χ0) is 13.4. The number of carboxylic acid groups (broad SMARTS) is 1. The number of carbonyl (C=O) groups excluding carboxylic acids is 1. The maximum atomic E-state index is 11.7. The van der Waals surface area contributed by atoms with Crippen molar-refractivity contribution in [2.75, 3.05) is 19.8 Å². The first-order valence-electron chi connectivity index (χ1n) is 6.21. The van der Waals surface area contributed by atoms with Crippen LogP contribution in [-0.2, 0) is 9.53 Å². The molecule has 2 amide bonds. The van der Waals surface area contributed by atoms with Gasteiger partial charge in [-0.1, -0.05) is 6.92 Å². The second-order valence-electron chi connectivity index (χ2n) is 5.93. The summed E-state index contributed by atoms with van der Waals surface area (Å²) >= 11 is 0. The fourth-order valence-electron chi connectivity index (χ4n) is 1.98. The lowest BCUT2D eigenvalue weighted by Gasteiger charge is -2.25. The molecular weight excluding hydrogens is 236 g/mol. The molecule has 3 N–H and O–H groups in total. The van der Waals surface area contributed by atoms with Gasteiger partial charge < -0.3 is 20.5 Å². The van der Waals surface area contributed by atoms with E-state index < -0.39 is 17.4 Å². The summed E-state index contributed by atoms with van der Waals surface area (Å²) in [4.78, 5) is 22.9. The molecule has 0 aromatic heterocycles. The third-order valence-corrected chi connectivity index (χ3v) is 4.03. The highest BCUT2D eigenvalue weighted by Crippen LogP contribution is 2.44. The van der Waals surface area contributed by atoms with Gasteiger partial charge in [0.15, 0.2) is 0 Å². The number of amides is 2. The lowest BCUT2D eigenvalue weighted by atomic mass is 9.85. The number of hydrogen-bond acceptors (Lipinski definition) is 3. The normalized spacial score (nSPS) is 32.9. The zero-order valence-corrected chi connectivity index (χ0v) is 10.8. The quantitative estimate of drug-likeness (QED) is 0.686. The molecule has 0 aromatic rings. The Bertz CT molecular complexity index is 367. The zero-order valence-electron chi connectivity index (χ0n) is 10.8. The van der Waals surface area contributed by atoms with Crippen molar-refractivity contribution < 1.29 is 19.4 Å². The lowest BCUT2D eigenvalue weighted by molar-refractivity contribution is -0.148. The molecule has 0 radical (unpaired) electrons. The third-order valence-electron chi connectivity index (χ3n) is 4.03. The fourth-order valence-corrected chi connectivity index (χ4v) is 1.98. The Morgan fingerprint density at radius 2 is 2.06 bits per heavy atom. The van der Waals surface area contributed by atoms with E-state index in [1.807, 2.05) is 0 Å². The summed E-state index contributed by atoms with van der Waals surface area (Å²) in [6.07, 6.45) is 2.26. The summed E-state index contributed by atoms with van der Waals surface area (Å²) in [5.41, 5.74) is -0.805. The van der Waals surface area contributed by atoms with E-state index in [0.29, 0.717) is 6.54 Å². The van der Waals surface area contributed by atoms with E-state index in [1.54, 1.807) is 6.92 Å². The minimum Gasteiger partial charge on any atom is -0.481 e. The average molecular weight is 256 g/mol. The first-order chi connectivity index (χ1) is 8.36. The molecule has 0 spiro atoms. The summed E-state index contributed by atoms with van der Waals surface area (Å²) < 4.78 is 5.17. The molecule has 1 heterocycles. The van der Waals surface area contributed by atoms with Crippen molar-refractivity contribution >= 4 is 12.0 Å². The minimum atomic E-state index is -1.04. The van der Waals surface area contributed by atoms with E-state index in [-0.39, 0.29) is 24.7 Å². The van der Waals surface area contributed by atoms with Crippen LogP contribution in [0.2, 0.25) is 0 Å². The van der Waals surface area contributed by atoms with Gasteiger partial charge in [-0.15, -0.1) is 0 Å². The second-order valence-corrected chi connectivity index (χ2v) is 5.93. The molecule has 0 bridgehead atoms. The highest BCUT2D eigenvalue weighted by atomic mass is 16.5. The predicted octanol–water partition coefficient (Wildman–Crippen LogP) is 0.575. The largest absolute Gasteiger partial charge is 0.481 e. The Hall–Kier alpha value is -1.30. The van der Waals surface area contributed by atoms with Crippen LogP contribution < -0.4 is 10.6 Å². The Morgan fingerprint density at radius 3 is 2.61 bits per heavy atom. The molecule has 18 heavy (non-hydrogen) atoms. The van der Waals surface area contributed by atoms with Crippen molar-refractivity contribution in [3.63, 3.8) is 0 Å². The van der Waals surface area contributed by atoms with Gasteiger partial charge >= 0.3 is 12.0 Å². The van der Waals surface area contributed by atoms with Gasteiger partial charge in [0, 0.05) is 6.54 Å². The molecule has 2 unspecified atom stereocenters. The molecule has 1 saturated carbocycles. The maximum absolute atomic E-state index is 11.7. The second kappa shape index (κ2) is 4.42. The van der Waals surface area contributed by atoms with Gasteiger partial charge in [-0.05, 0) is 25.2 Å². The number of aliphatic carboxylic acids is 1. The summed E-state index contributed by atoms with van der Waals surface area (Å²) in [5, 5.41) is 14.7. The van der Waals surface area contributed by atoms with E-state index in [0.717, 1.165) is 12.8 Å². The SMILES string of the molecule is CC1(CNC(=O)NC2COCC2(C)C(=O)O)CC1. The number of nitrogens with one attached hydrogen (secondary N) is 2. The van der Waals surface area contributed by atoms with Crippen LogP contribution in [0.4, 0.5) is 4.79 Å². The number of rotatable bonds is 4. The van der Waals surface area contributed by atoms with Crippen LogP contribution in [-0.4, -0.2) is 42.9 Å². The summed E-state index contributed by atoms with van der Waals surface area (Å²) in [7, 11) is 0. The van der Waals surface area contributed by atoms with Crippen LogP contribution in [0.3, 0.4) is 0 Å². The lowest BCUT2D eigenvalue weighted by Crippen LogP contribution is -2.52. The van der Waals surface area contributed by atoms with Gasteiger partial charge in [-0.25, -0.2) is 4.79 Å². The van der Waals surface area contributed by atoms with Crippen molar-refractivity contribution in [3.05, 3.63) is 0 Å². The van der Waals surface area contributed by atoms with Crippen LogP contribution in [0.5, 0.6) is 0 Å². The number of ether oxygens (including phenoxy) is 1. The Kier molecular flexibility index (Phi) is 3.23. The molecule has 102 valence electrons. The van der Waals surface area contributed by atoms with Gasteiger partial charge in [0.2, 0.25) is 0 Å². The topological polar surface area (TPSA) is 87.7 Å². The first-order valence-corrected chi connectivity index (χ1v) is 6.21. The average Bonchev–Trinajstić information content (AvgIpc) is 2.92. The molecule has 0 aromatic carbocycles. The highest BCUT2D eigenvalue weighted by molar-refractivity contribution is 5.79. The van der Waals surface area contributed by atoms with E-state index in [4.69, 9.17) is 4.74 Å². The van der Waals surface area contributed by atoms with Crippen molar-refractivity contribution in [1.82, 2.24) is 10.6 Å². The van der Waals surface area contributed by atoms with E-state index in [1.165, 1.54) is 0 Å². The molecule has 2 atom stereocenters. The minimum absolute atomic E-state index is 0.130. The van der Waals surface area contributed by atoms with Gasteiger partial charge in [0.1, 0.15) is 5.41 Å². The molecule has 1 aliphatic carbocycles. The molecule has 2 aliphatic rings. The van der Waals surface area contributed by atoms with E-state index in [9.17, 15) is 14.7 Å². The number of carbonyl (C=O) groups is 2. The molecule has 6 heteroatoms. The van der Waals surface area contributed by atoms with Crippen molar-refractivity contribution in [2.45, 2.75) is 32.7 Å². The van der Waals surface area contributed by atoms with Crippen LogP contribution >= 0.6 is 0 Å². The van der Waals surface area contributed by atoms with Crippen molar-refractivity contribution in [2.24, 2.45) is 10.8 Å². The van der Waals surface area contributed by atoms with Gasteiger partial charge in [0.25, 0.3) is 0 Å². The van der Waals surface area contributed by atoms with Crippen LogP contribution in [0.15, 0.2) is 0 Å². The Balaban J connectivity index is 1.84. The number of urea groups is 1. The van der Waals surface area contributed by atoms with E-state index >= 15 is 0 Å². The van der Waals surface area contributed by atoms with Crippen LogP contribution in [0.1, 0.15) is 26.7 Å². The smallest absolute Gasteiger partial charge is 0.315 e. The fraction of sp³-hybridized carbons (Fsp3) is 0.833. The van der Waals surface area contributed by atoms with Gasteiger partial charge in [0.05, 0.1) is 19.3 Å². The molecule has 2 rings (SSSR count). The van der Waals surface area contributed by atoms with Crippen molar-refractivity contribution in [1.29, 1.82) is 0 Å². The molecular formula is C12H20N2O4. The molecule has 6 nitrogen and oxygen atoms in total. The standard InChI is InChI=1S/C12H20N2O4/c1-11(3-4-11)6-13-10(17)14-8-5-18-7-12(8,2)9(15)16/h8H,3-7H2,1-2H3,(H,15,16)(H2,13,14,17). The first kappa shape index (κ1) is 13.1.